The molecule has 0 radical (unpaired) electrons. The molecule has 1 amide bonds. The van der Waals surface area contributed by atoms with Crippen LogP contribution in [0.15, 0.2) is 12.1 Å². The van der Waals surface area contributed by atoms with Crippen molar-refractivity contribution in [2.24, 2.45) is 5.92 Å². The van der Waals surface area contributed by atoms with E-state index in [-0.39, 0.29) is 11.7 Å². The van der Waals surface area contributed by atoms with Crippen molar-refractivity contribution >= 4 is 17.2 Å². The second kappa shape index (κ2) is 4.06. The molecule has 1 N–H and O–H groups in total. The highest BCUT2D eigenvalue weighted by Gasteiger charge is 2.59. The van der Waals surface area contributed by atoms with E-state index in [1.165, 1.54) is 29.0 Å². The monoisotopic (exact) mass is 276 g/mol. The minimum Gasteiger partial charge on any atom is -0.320 e. The number of carbonyl (C=O) groups is 1. The molecule has 19 heavy (non-hydrogen) atoms. The van der Waals surface area contributed by atoms with Crippen LogP contribution < -0.4 is 5.32 Å². The lowest BCUT2D eigenvalue weighted by Gasteiger charge is -2.23. The van der Waals surface area contributed by atoms with Crippen LogP contribution in [-0.2, 0) is 4.79 Å². The van der Waals surface area contributed by atoms with Crippen molar-refractivity contribution in [2.75, 3.05) is 6.54 Å². The topological polar surface area (TPSA) is 32.3 Å². The quantitative estimate of drug-likeness (QED) is 0.917. The number of nitrogens with zero attached hydrogens (tertiary/aromatic N) is 1. The molecule has 4 rings (SSSR count). The van der Waals surface area contributed by atoms with Crippen LogP contribution in [0.1, 0.15) is 48.0 Å². The maximum atomic E-state index is 12.6. The minimum absolute atomic E-state index is 0.132. The van der Waals surface area contributed by atoms with E-state index in [1.54, 1.807) is 0 Å². The largest absolute Gasteiger partial charge is 0.320 e. The van der Waals surface area contributed by atoms with Crippen LogP contribution in [-0.4, -0.2) is 22.9 Å². The fourth-order valence-corrected chi connectivity index (χ4v) is 4.00. The molecule has 2 aliphatic carbocycles. The van der Waals surface area contributed by atoms with Crippen LogP contribution in [0.3, 0.4) is 0 Å². The number of hydrogen-bond acceptors (Lipinski definition) is 3. The fourth-order valence-electron chi connectivity index (χ4n) is 3.06. The summed E-state index contributed by atoms with van der Waals surface area (Å²) >= 11 is 1.81. The smallest absolute Gasteiger partial charge is 0.244 e. The molecule has 3 nitrogen and oxygen atoms in total. The first-order chi connectivity index (χ1) is 9.18. The Bertz CT molecular complexity index is 516. The Hall–Kier alpha value is -0.870. The molecule has 2 heterocycles. The van der Waals surface area contributed by atoms with E-state index < -0.39 is 0 Å². The standard InChI is InChI=1S/C15H20N2OS/c1-10-2-5-12(19-10)13-16-15(7-8-15)14(18)17(13)9-6-11-3-4-11/h2,5,11,13,16H,3-4,6-9H2,1H3. The summed E-state index contributed by atoms with van der Waals surface area (Å²) in [5.41, 5.74) is -0.188. The summed E-state index contributed by atoms with van der Waals surface area (Å²) in [5, 5.41) is 3.60. The lowest BCUT2D eigenvalue weighted by molar-refractivity contribution is -0.130. The van der Waals surface area contributed by atoms with Crippen molar-refractivity contribution in [3.63, 3.8) is 0 Å². The van der Waals surface area contributed by atoms with Crippen molar-refractivity contribution in [1.82, 2.24) is 10.2 Å². The Morgan fingerprint density at radius 2 is 2.21 bits per heavy atom. The van der Waals surface area contributed by atoms with Gasteiger partial charge in [0.05, 0.1) is 0 Å². The van der Waals surface area contributed by atoms with Crippen LogP contribution in [0.4, 0.5) is 0 Å². The first-order valence-corrected chi connectivity index (χ1v) is 8.15. The normalized spacial score (nSPS) is 28.4. The average Bonchev–Trinajstić information content (AvgIpc) is 3.28. The van der Waals surface area contributed by atoms with Crippen molar-refractivity contribution in [2.45, 2.75) is 50.7 Å². The van der Waals surface area contributed by atoms with E-state index in [0.29, 0.717) is 5.91 Å². The molecule has 1 spiro atoms. The van der Waals surface area contributed by atoms with Crippen LogP contribution in [0, 0.1) is 12.8 Å². The molecule has 1 unspecified atom stereocenters. The number of thiophene rings is 1. The van der Waals surface area contributed by atoms with E-state index in [0.717, 1.165) is 25.3 Å². The fraction of sp³-hybridized carbons (Fsp3) is 0.667. The van der Waals surface area contributed by atoms with Crippen LogP contribution in [0.5, 0.6) is 0 Å². The molecule has 3 fully saturated rings. The molecule has 0 aromatic carbocycles. The zero-order valence-corrected chi connectivity index (χ0v) is 12.1. The van der Waals surface area contributed by atoms with Gasteiger partial charge in [0.25, 0.3) is 0 Å². The molecule has 0 bridgehead atoms. The third-order valence-electron chi connectivity index (χ3n) is 4.65. The van der Waals surface area contributed by atoms with Gasteiger partial charge >= 0.3 is 0 Å². The number of hydrogen-bond donors (Lipinski definition) is 1. The summed E-state index contributed by atoms with van der Waals surface area (Å²) < 4.78 is 0. The summed E-state index contributed by atoms with van der Waals surface area (Å²) in [5.74, 6) is 1.23. The van der Waals surface area contributed by atoms with Crippen LogP contribution >= 0.6 is 11.3 Å². The summed E-state index contributed by atoms with van der Waals surface area (Å²) in [6.07, 6.45) is 6.09. The molecule has 3 aliphatic rings. The van der Waals surface area contributed by atoms with Crippen molar-refractivity contribution in [3.8, 4) is 0 Å². The van der Waals surface area contributed by atoms with Gasteiger partial charge in [0.1, 0.15) is 11.7 Å². The Labute approximate surface area is 118 Å². The third kappa shape index (κ3) is 2.01. The second-order valence-electron chi connectivity index (χ2n) is 6.31. The van der Waals surface area contributed by atoms with Crippen LogP contribution in [0.2, 0.25) is 0 Å². The summed E-state index contributed by atoms with van der Waals surface area (Å²) in [6, 6.07) is 4.33. The van der Waals surface area contributed by atoms with Gasteiger partial charge in [-0.2, -0.15) is 0 Å². The van der Waals surface area contributed by atoms with E-state index in [2.05, 4.69) is 29.3 Å². The SMILES string of the molecule is Cc1ccc(C2NC3(CC3)C(=O)N2CCC2CC2)s1. The van der Waals surface area contributed by atoms with E-state index in [9.17, 15) is 4.79 Å². The van der Waals surface area contributed by atoms with Gasteiger partial charge in [-0.05, 0) is 44.2 Å². The predicted octanol–water partition coefficient (Wildman–Crippen LogP) is 2.82. The van der Waals surface area contributed by atoms with E-state index >= 15 is 0 Å². The molecule has 2 saturated carbocycles. The van der Waals surface area contributed by atoms with Gasteiger partial charge in [-0.25, -0.2) is 0 Å². The van der Waals surface area contributed by atoms with E-state index in [1.807, 2.05) is 11.3 Å². The number of carbonyl (C=O) groups excluding carboxylic acids is 1. The predicted molar refractivity (Wildman–Crippen MR) is 76.0 cm³/mol. The van der Waals surface area contributed by atoms with E-state index in [4.69, 9.17) is 0 Å². The number of aryl methyl sites for hydroxylation is 1. The number of amides is 1. The Morgan fingerprint density at radius 3 is 2.79 bits per heavy atom. The number of nitrogens with one attached hydrogen (secondary N) is 1. The second-order valence-corrected chi connectivity index (χ2v) is 7.63. The molecule has 1 aliphatic heterocycles. The Kier molecular flexibility index (Phi) is 2.55. The van der Waals surface area contributed by atoms with Gasteiger partial charge in [0.15, 0.2) is 0 Å². The lowest BCUT2D eigenvalue weighted by Crippen LogP contribution is -2.33. The van der Waals surface area contributed by atoms with Crippen molar-refractivity contribution in [3.05, 3.63) is 21.9 Å². The average molecular weight is 276 g/mol. The highest BCUT2D eigenvalue weighted by Crippen LogP contribution is 2.47. The molecule has 1 aromatic rings. The van der Waals surface area contributed by atoms with Crippen molar-refractivity contribution < 1.29 is 4.79 Å². The highest BCUT2D eigenvalue weighted by atomic mass is 32.1. The molecule has 1 atom stereocenters. The molecular weight excluding hydrogens is 256 g/mol. The maximum Gasteiger partial charge on any atom is 0.244 e. The lowest BCUT2D eigenvalue weighted by atomic mass is 10.2. The molecule has 1 aromatic heterocycles. The molecule has 102 valence electrons. The molecule has 1 saturated heterocycles. The zero-order valence-electron chi connectivity index (χ0n) is 11.3. The zero-order chi connectivity index (χ0) is 13.0. The van der Waals surface area contributed by atoms with Crippen LogP contribution in [0.25, 0.3) is 0 Å². The van der Waals surface area contributed by atoms with Gasteiger partial charge in [-0.1, -0.05) is 12.8 Å². The van der Waals surface area contributed by atoms with Gasteiger partial charge in [0, 0.05) is 16.3 Å². The molecular formula is C15H20N2OS. The molecule has 4 heteroatoms. The highest BCUT2D eigenvalue weighted by molar-refractivity contribution is 7.12. The van der Waals surface area contributed by atoms with Gasteiger partial charge in [-0.3, -0.25) is 10.1 Å². The van der Waals surface area contributed by atoms with Crippen molar-refractivity contribution in [1.29, 1.82) is 0 Å². The first-order valence-electron chi connectivity index (χ1n) is 7.33. The Balaban J connectivity index is 1.57. The van der Waals surface area contributed by atoms with Gasteiger partial charge in [0.2, 0.25) is 5.91 Å². The third-order valence-corrected chi connectivity index (χ3v) is 5.70. The maximum absolute atomic E-state index is 12.6. The summed E-state index contributed by atoms with van der Waals surface area (Å²) in [4.78, 5) is 17.3. The van der Waals surface area contributed by atoms with Gasteiger partial charge < -0.3 is 4.90 Å². The summed E-state index contributed by atoms with van der Waals surface area (Å²) in [7, 11) is 0. The minimum atomic E-state index is -0.188. The number of rotatable bonds is 4. The Morgan fingerprint density at radius 1 is 1.42 bits per heavy atom. The first kappa shape index (κ1) is 11.9. The van der Waals surface area contributed by atoms with Gasteiger partial charge in [-0.15, -0.1) is 11.3 Å². The summed E-state index contributed by atoms with van der Waals surface area (Å²) in [6.45, 7) is 3.06.